The van der Waals surface area contributed by atoms with E-state index >= 15 is 0 Å². The van der Waals surface area contributed by atoms with E-state index in [4.69, 9.17) is 18.9 Å². The summed E-state index contributed by atoms with van der Waals surface area (Å²) in [7, 11) is 0. The van der Waals surface area contributed by atoms with Crippen molar-refractivity contribution in [2.24, 2.45) is 0 Å². The second-order valence-corrected chi connectivity index (χ2v) is 15.7. The first-order valence-corrected chi connectivity index (χ1v) is 19.5. The minimum Gasteiger partial charge on any atom is -0.461 e. The van der Waals surface area contributed by atoms with Crippen LogP contribution in [-0.4, -0.2) is 84.3 Å². The summed E-state index contributed by atoms with van der Waals surface area (Å²) in [5.74, 6) is -2.91. The first kappa shape index (κ1) is 48.5. The van der Waals surface area contributed by atoms with Crippen molar-refractivity contribution >= 4 is 41.8 Å². The van der Waals surface area contributed by atoms with Crippen molar-refractivity contribution in [1.82, 2.24) is 26.6 Å². The molecule has 3 unspecified atom stereocenters. The van der Waals surface area contributed by atoms with Crippen molar-refractivity contribution in [3.05, 3.63) is 71.8 Å². The van der Waals surface area contributed by atoms with Gasteiger partial charge in [0.05, 0.1) is 0 Å². The SMILES string of the molecule is CC(CCC(=O)NC(CCC(=O)OCc1ccccc1)C(=O)OCc1ccccc1)NC(=O)C(CCCCNC(=O)OC(C)(C)C)NC(=O)CNC(=O)OC(C)(C)C. The number of hydrogen-bond acceptors (Lipinski definition) is 11. The van der Waals surface area contributed by atoms with Crippen molar-refractivity contribution in [3.63, 3.8) is 0 Å². The average Bonchev–Trinajstić information content (AvgIpc) is 3.14. The standard InChI is InChI=1S/C42H61N5O11/c1-29(45-37(51)32(20-14-15-25-43-39(53)57-41(2,3)4)46-35(49)26-44-40(54)58-42(5,6)7)21-23-34(48)47-33(38(52)56-28-31-18-12-9-13-19-31)22-24-36(50)55-27-30-16-10-8-11-17-30/h8-13,16-19,29,32-33H,14-15,20-28H2,1-7H3,(H,43,53)(H,44,54)(H,45,51)(H,46,49)(H,47,48). The molecule has 58 heavy (non-hydrogen) atoms. The Morgan fingerprint density at radius 3 is 1.69 bits per heavy atom. The van der Waals surface area contributed by atoms with Crippen LogP contribution in [0.4, 0.5) is 9.59 Å². The van der Waals surface area contributed by atoms with Gasteiger partial charge < -0.3 is 45.5 Å². The highest BCUT2D eigenvalue weighted by molar-refractivity contribution is 5.89. The summed E-state index contributed by atoms with van der Waals surface area (Å²) >= 11 is 0. The zero-order valence-corrected chi connectivity index (χ0v) is 34.8. The Balaban J connectivity index is 1.97. The number of unbranched alkanes of at least 4 members (excludes halogenated alkanes) is 1. The fourth-order valence-corrected chi connectivity index (χ4v) is 5.14. The summed E-state index contributed by atoms with van der Waals surface area (Å²) < 4.78 is 21.2. The number of rotatable bonds is 22. The number of benzene rings is 2. The molecule has 0 bridgehead atoms. The van der Waals surface area contributed by atoms with E-state index in [-0.39, 0.29) is 51.9 Å². The van der Waals surface area contributed by atoms with Crippen LogP contribution in [0.25, 0.3) is 0 Å². The second kappa shape index (κ2) is 24.9. The summed E-state index contributed by atoms with van der Waals surface area (Å²) in [6, 6.07) is 15.5. The molecule has 5 amide bonds. The Labute approximate surface area is 341 Å². The summed E-state index contributed by atoms with van der Waals surface area (Å²) in [6.07, 6.45) is -0.377. The van der Waals surface area contributed by atoms with Crippen molar-refractivity contribution in [2.45, 2.75) is 136 Å². The second-order valence-electron chi connectivity index (χ2n) is 15.7. The van der Waals surface area contributed by atoms with Crippen LogP contribution in [0.2, 0.25) is 0 Å². The van der Waals surface area contributed by atoms with Gasteiger partial charge in [-0.1, -0.05) is 60.7 Å². The maximum Gasteiger partial charge on any atom is 0.408 e. The van der Waals surface area contributed by atoms with Crippen LogP contribution in [0.5, 0.6) is 0 Å². The topological polar surface area (TPSA) is 217 Å². The van der Waals surface area contributed by atoms with E-state index in [1.807, 2.05) is 36.4 Å². The van der Waals surface area contributed by atoms with E-state index in [1.54, 1.807) is 72.7 Å². The van der Waals surface area contributed by atoms with Gasteiger partial charge in [0.1, 0.15) is 43.0 Å². The number of esters is 2. The van der Waals surface area contributed by atoms with Crippen molar-refractivity contribution in [3.8, 4) is 0 Å². The van der Waals surface area contributed by atoms with E-state index in [0.29, 0.717) is 12.8 Å². The number of hydrogen-bond donors (Lipinski definition) is 5. The van der Waals surface area contributed by atoms with Crippen molar-refractivity contribution in [2.75, 3.05) is 13.1 Å². The zero-order valence-electron chi connectivity index (χ0n) is 34.8. The predicted octanol–water partition coefficient (Wildman–Crippen LogP) is 4.73. The van der Waals surface area contributed by atoms with Gasteiger partial charge in [-0.2, -0.15) is 0 Å². The lowest BCUT2D eigenvalue weighted by Crippen LogP contribution is -2.51. The summed E-state index contributed by atoms with van der Waals surface area (Å²) in [5, 5.41) is 13.1. The molecule has 5 N–H and O–H groups in total. The molecule has 0 spiro atoms. The number of alkyl carbamates (subject to hydrolysis) is 2. The van der Waals surface area contributed by atoms with Crippen LogP contribution in [0.15, 0.2) is 60.7 Å². The average molecular weight is 812 g/mol. The van der Waals surface area contributed by atoms with E-state index in [1.165, 1.54) is 0 Å². The number of amides is 5. The van der Waals surface area contributed by atoms with Crippen LogP contribution in [0, 0.1) is 0 Å². The maximum absolute atomic E-state index is 13.4. The molecule has 16 heteroatoms. The molecule has 0 saturated carbocycles. The van der Waals surface area contributed by atoms with Gasteiger partial charge in [-0.15, -0.1) is 0 Å². The third-order valence-corrected chi connectivity index (χ3v) is 7.95. The minimum atomic E-state index is -1.14. The molecule has 2 aromatic carbocycles. The van der Waals surface area contributed by atoms with Gasteiger partial charge in [0.25, 0.3) is 0 Å². The van der Waals surface area contributed by atoms with Crippen LogP contribution in [0.3, 0.4) is 0 Å². The molecule has 320 valence electrons. The van der Waals surface area contributed by atoms with E-state index in [0.717, 1.165) is 11.1 Å². The first-order valence-electron chi connectivity index (χ1n) is 19.5. The monoisotopic (exact) mass is 811 g/mol. The van der Waals surface area contributed by atoms with Crippen LogP contribution >= 0.6 is 0 Å². The summed E-state index contributed by atoms with van der Waals surface area (Å²) in [6.45, 7) is 11.9. The predicted molar refractivity (Wildman–Crippen MR) is 215 cm³/mol. The fourth-order valence-electron chi connectivity index (χ4n) is 5.14. The van der Waals surface area contributed by atoms with Gasteiger partial charge in [-0.3, -0.25) is 19.2 Å². The molecule has 0 saturated heterocycles. The Kier molecular flexibility index (Phi) is 20.8. The van der Waals surface area contributed by atoms with E-state index in [2.05, 4.69) is 26.6 Å². The quantitative estimate of drug-likeness (QED) is 0.0623. The lowest BCUT2D eigenvalue weighted by molar-refractivity contribution is -0.150. The Morgan fingerprint density at radius 1 is 0.586 bits per heavy atom. The maximum atomic E-state index is 13.4. The van der Waals surface area contributed by atoms with Crippen LogP contribution in [-0.2, 0) is 56.1 Å². The molecule has 2 rings (SSSR count). The lowest BCUT2D eigenvalue weighted by Gasteiger charge is -2.23. The minimum absolute atomic E-state index is 0.0252. The molecule has 2 aromatic rings. The van der Waals surface area contributed by atoms with Gasteiger partial charge in [-0.25, -0.2) is 14.4 Å². The number of carbonyl (C=O) groups is 7. The largest absolute Gasteiger partial charge is 0.461 e. The molecule has 0 aliphatic heterocycles. The number of ether oxygens (including phenoxy) is 4. The fraction of sp³-hybridized carbons (Fsp3) is 0.548. The molecule has 16 nitrogen and oxygen atoms in total. The lowest BCUT2D eigenvalue weighted by atomic mass is 10.1. The Morgan fingerprint density at radius 2 is 1.12 bits per heavy atom. The highest BCUT2D eigenvalue weighted by atomic mass is 16.6. The normalized spacial score (nSPS) is 12.7. The molecule has 0 aromatic heterocycles. The van der Waals surface area contributed by atoms with Crippen LogP contribution in [0.1, 0.15) is 105 Å². The van der Waals surface area contributed by atoms with E-state index < -0.39 is 77.7 Å². The highest BCUT2D eigenvalue weighted by Crippen LogP contribution is 2.11. The zero-order chi connectivity index (χ0) is 43.1. The molecule has 0 aliphatic carbocycles. The van der Waals surface area contributed by atoms with Gasteiger partial charge in [0, 0.05) is 25.4 Å². The van der Waals surface area contributed by atoms with E-state index in [9.17, 15) is 33.6 Å². The first-order chi connectivity index (χ1) is 27.3. The molecular weight excluding hydrogens is 750 g/mol. The molecular formula is C42H61N5O11. The van der Waals surface area contributed by atoms with Crippen LogP contribution < -0.4 is 26.6 Å². The molecule has 0 aliphatic rings. The van der Waals surface area contributed by atoms with Gasteiger partial charge in [-0.05, 0) is 91.7 Å². The summed E-state index contributed by atoms with van der Waals surface area (Å²) in [4.78, 5) is 89.0. The molecule has 0 radical (unpaired) electrons. The molecule has 0 fully saturated rings. The molecule has 3 atom stereocenters. The third kappa shape index (κ3) is 22.8. The van der Waals surface area contributed by atoms with Crippen molar-refractivity contribution in [1.29, 1.82) is 0 Å². The van der Waals surface area contributed by atoms with Crippen molar-refractivity contribution < 1.29 is 52.5 Å². The third-order valence-electron chi connectivity index (χ3n) is 7.95. The van der Waals surface area contributed by atoms with Gasteiger partial charge in [0.2, 0.25) is 17.7 Å². The summed E-state index contributed by atoms with van der Waals surface area (Å²) in [5.41, 5.74) is 0.128. The highest BCUT2D eigenvalue weighted by Gasteiger charge is 2.26. The smallest absolute Gasteiger partial charge is 0.408 e. The molecule has 0 heterocycles. The van der Waals surface area contributed by atoms with Gasteiger partial charge >= 0.3 is 24.1 Å². The number of nitrogens with one attached hydrogen (secondary N) is 5. The van der Waals surface area contributed by atoms with Gasteiger partial charge in [0.15, 0.2) is 0 Å². The Hall–Kier alpha value is -5.67. The Bertz CT molecular complexity index is 1630. The number of carbonyl (C=O) groups excluding carboxylic acids is 7.